The summed E-state index contributed by atoms with van der Waals surface area (Å²) in [7, 11) is 0. The number of rotatable bonds is 50. The lowest BCUT2D eigenvalue weighted by Gasteiger charge is -2.18. The molecule has 0 aromatic carbocycles. The summed E-state index contributed by atoms with van der Waals surface area (Å²) in [5.41, 5.74) is 0. The number of hydrogen-bond donors (Lipinski definition) is 0. The molecule has 0 saturated carbocycles. The van der Waals surface area contributed by atoms with Crippen molar-refractivity contribution >= 4 is 17.9 Å². The molecular formula is C62H104O6. The van der Waals surface area contributed by atoms with Crippen LogP contribution in [0, 0.1) is 0 Å². The number of esters is 3. The van der Waals surface area contributed by atoms with E-state index in [2.05, 4.69) is 118 Å². The SMILES string of the molecule is CC/C=C\C/C=C\C/C=C\C/C=C\C/C=C\CCCCCCCCCCCCCCCC(=O)OCC(COC(=O)CCCCCCCC)OC(=O)CCCCCCC/C=C\C/C=C\C/C=C\CC. The van der Waals surface area contributed by atoms with Crippen LogP contribution >= 0.6 is 0 Å². The molecule has 0 aliphatic heterocycles. The molecule has 0 radical (unpaired) electrons. The maximum absolute atomic E-state index is 12.8. The highest BCUT2D eigenvalue weighted by Crippen LogP contribution is 2.15. The van der Waals surface area contributed by atoms with Crippen molar-refractivity contribution in [2.75, 3.05) is 13.2 Å². The third-order valence-corrected chi connectivity index (χ3v) is 11.8. The van der Waals surface area contributed by atoms with Gasteiger partial charge in [0.1, 0.15) is 13.2 Å². The van der Waals surface area contributed by atoms with Crippen LogP contribution < -0.4 is 0 Å². The monoisotopic (exact) mass is 945 g/mol. The van der Waals surface area contributed by atoms with Crippen LogP contribution in [0.4, 0.5) is 0 Å². The van der Waals surface area contributed by atoms with Gasteiger partial charge >= 0.3 is 17.9 Å². The predicted molar refractivity (Wildman–Crippen MR) is 293 cm³/mol. The first-order valence-corrected chi connectivity index (χ1v) is 28.2. The number of allylic oxidation sites excluding steroid dienone is 16. The summed E-state index contributed by atoms with van der Waals surface area (Å²) in [4.78, 5) is 37.8. The summed E-state index contributed by atoms with van der Waals surface area (Å²) in [6.07, 6.45) is 74.4. The zero-order valence-corrected chi connectivity index (χ0v) is 44.3. The average molecular weight is 946 g/mol. The van der Waals surface area contributed by atoms with E-state index in [9.17, 15) is 14.4 Å². The highest BCUT2D eigenvalue weighted by molar-refractivity contribution is 5.71. The standard InChI is InChI=1S/C62H104O6/c1-4-7-10-13-16-18-20-22-24-25-26-27-28-29-30-31-32-33-34-35-36-37-39-40-42-44-46-49-52-55-61(64)67-58-59(57-66-60(63)54-51-48-15-12-9-6-3)68-62(65)56-53-50-47-45-43-41-38-23-21-19-17-14-11-8-5-2/h7-8,10-11,16-19,22-24,26-27,29-30,38,59H,4-6,9,12-15,20-21,25,28,31-37,39-58H2,1-3H3/b10-7-,11-8-,18-16-,19-17-,24-22-,27-26-,30-29-,38-23-. The summed E-state index contributed by atoms with van der Waals surface area (Å²) in [6, 6.07) is 0. The Labute approximate surface area is 419 Å². The van der Waals surface area contributed by atoms with E-state index < -0.39 is 6.10 Å². The van der Waals surface area contributed by atoms with Crippen LogP contribution in [0.15, 0.2) is 97.2 Å². The van der Waals surface area contributed by atoms with Crippen molar-refractivity contribution in [3.63, 3.8) is 0 Å². The van der Waals surface area contributed by atoms with Gasteiger partial charge in [0.25, 0.3) is 0 Å². The molecule has 0 heterocycles. The first-order valence-electron chi connectivity index (χ1n) is 28.2. The molecular weight excluding hydrogens is 841 g/mol. The van der Waals surface area contributed by atoms with E-state index in [1.54, 1.807) is 0 Å². The fourth-order valence-corrected chi connectivity index (χ4v) is 7.66. The molecule has 0 aromatic heterocycles. The summed E-state index contributed by atoms with van der Waals surface area (Å²) in [6.45, 7) is 6.34. The van der Waals surface area contributed by atoms with Crippen LogP contribution in [0.2, 0.25) is 0 Å². The van der Waals surface area contributed by atoms with Crippen LogP contribution in [-0.4, -0.2) is 37.2 Å². The summed E-state index contributed by atoms with van der Waals surface area (Å²) in [5, 5.41) is 0. The van der Waals surface area contributed by atoms with Crippen molar-refractivity contribution in [2.24, 2.45) is 0 Å². The highest BCUT2D eigenvalue weighted by Gasteiger charge is 2.19. The van der Waals surface area contributed by atoms with Crippen LogP contribution in [0.5, 0.6) is 0 Å². The van der Waals surface area contributed by atoms with Crippen molar-refractivity contribution in [3.05, 3.63) is 97.2 Å². The number of carbonyl (C=O) groups excluding carboxylic acids is 3. The van der Waals surface area contributed by atoms with Gasteiger partial charge in [-0.05, 0) is 96.3 Å². The van der Waals surface area contributed by atoms with Gasteiger partial charge in [0, 0.05) is 19.3 Å². The molecule has 388 valence electrons. The second-order valence-corrected chi connectivity index (χ2v) is 18.4. The van der Waals surface area contributed by atoms with Crippen molar-refractivity contribution < 1.29 is 28.6 Å². The van der Waals surface area contributed by atoms with E-state index in [1.165, 1.54) is 89.9 Å². The third kappa shape index (κ3) is 53.3. The molecule has 0 bridgehead atoms. The normalized spacial score (nSPS) is 12.8. The minimum atomic E-state index is -0.783. The Balaban J connectivity index is 4.09. The van der Waals surface area contributed by atoms with Crippen molar-refractivity contribution in [1.82, 2.24) is 0 Å². The molecule has 6 nitrogen and oxygen atoms in total. The van der Waals surface area contributed by atoms with E-state index in [0.29, 0.717) is 19.3 Å². The van der Waals surface area contributed by atoms with Gasteiger partial charge in [-0.2, -0.15) is 0 Å². The largest absolute Gasteiger partial charge is 0.462 e. The maximum Gasteiger partial charge on any atom is 0.306 e. The van der Waals surface area contributed by atoms with Crippen molar-refractivity contribution in [1.29, 1.82) is 0 Å². The Hall–Kier alpha value is -3.67. The first kappa shape index (κ1) is 64.3. The Morgan fingerprint density at radius 3 is 0.897 bits per heavy atom. The Kier molecular flexibility index (Phi) is 52.9. The molecule has 0 aliphatic rings. The summed E-state index contributed by atoms with van der Waals surface area (Å²) < 4.78 is 16.7. The minimum Gasteiger partial charge on any atom is -0.462 e. The minimum absolute atomic E-state index is 0.0840. The smallest absolute Gasteiger partial charge is 0.306 e. The Bertz CT molecular complexity index is 1360. The Morgan fingerprint density at radius 1 is 0.309 bits per heavy atom. The quantitative estimate of drug-likeness (QED) is 0.0262. The fraction of sp³-hybridized carbons (Fsp3) is 0.694. The molecule has 0 amide bonds. The van der Waals surface area contributed by atoms with E-state index in [4.69, 9.17) is 14.2 Å². The lowest BCUT2D eigenvalue weighted by Crippen LogP contribution is -2.30. The second kappa shape index (κ2) is 55.9. The maximum atomic E-state index is 12.8. The molecule has 0 rings (SSSR count). The first-order chi connectivity index (χ1) is 33.5. The van der Waals surface area contributed by atoms with Crippen LogP contribution in [0.3, 0.4) is 0 Å². The van der Waals surface area contributed by atoms with Gasteiger partial charge in [0.15, 0.2) is 6.10 Å². The van der Waals surface area contributed by atoms with E-state index in [1.807, 2.05) is 0 Å². The van der Waals surface area contributed by atoms with E-state index in [-0.39, 0.29) is 31.1 Å². The zero-order chi connectivity index (χ0) is 49.3. The number of hydrogen-bond acceptors (Lipinski definition) is 6. The molecule has 68 heavy (non-hydrogen) atoms. The van der Waals surface area contributed by atoms with Gasteiger partial charge in [-0.25, -0.2) is 0 Å². The fourth-order valence-electron chi connectivity index (χ4n) is 7.66. The predicted octanol–water partition coefficient (Wildman–Crippen LogP) is 18.9. The molecule has 0 aliphatic carbocycles. The molecule has 0 aromatic rings. The van der Waals surface area contributed by atoms with Crippen molar-refractivity contribution in [3.8, 4) is 0 Å². The zero-order valence-electron chi connectivity index (χ0n) is 44.3. The number of carbonyl (C=O) groups is 3. The molecule has 0 saturated heterocycles. The average Bonchev–Trinajstić information content (AvgIpc) is 3.34. The van der Waals surface area contributed by atoms with Gasteiger partial charge in [-0.1, -0.05) is 240 Å². The van der Waals surface area contributed by atoms with Crippen LogP contribution in [0.25, 0.3) is 0 Å². The molecule has 0 spiro atoms. The highest BCUT2D eigenvalue weighted by atomic mass is 16.6. The molecule has 1 unspecified atom stereocenters. The third-order valence-electron chi connectivity index (χ3n) is 11.8. The number of ether oxygens (including phenoxy) is 3. The van der Waals surface area contributed by atoms with Gasteiger partial charge in [0.05, 0.1) is 0 Å². The Morgan fingerprint density at radius 2 is 0.574 bits per heavy atom. The lowest BCUT2D eigenvalue weighted by atomic mass is 10.0. The molecule has 6 heteroatoms. The van der Waals surface area contributed by atoms with Gasteiger partial charge in [-0.15, -0.1) is 0 Å². The topological polar surface area (TPSA) is 78.9 Å². The van der Waals surface area contributed by atoms with E-state index >= 15 is 0 Å². The van der Waals surface area contributed by atoms with Crippen molar-refractivity contribution in [2.45, 2.75) is 264 Å². The summed E-state index contributed by atoms with van der Waals surface area (Å²) in [5.74, 6) is -0.911. The second-order valence-electron chi connectivity index (χ2n) is 18.4. The number of unbranched alkanes of at least 4 members (excludes halogenated alkanes) is 23. The molecule has 0 N–H and O–H groups in total. The summed E-state index contributed by atoms with van der Waals surface area (Å²) >= 11 is 0. The molecule has 1 atom stereocenters. The van der Waals surface area contributed by atoms with Gasteiger partial charge in [-0.3, -0.25) is 14.4 Å². The van der Waals surface area contributed by atoms with E-state index in [0.717, 1.165) is 128 Å². The lowest BCUT2D eigenvalue weighted by molar-refractivity contribution is -0.167. The van der Waals surface area contributed by atoms with Crippen LogP contribution in [-0.2, 0) is 28.6 Å². The van der Waals surface area contributed by atoms with Gasteiger partial charge < -0.3 is 14.2 Å². The molecule has 0 fully saturated rings. The van der Waals surface area contributed by atoms with Crippen LogP contribution in [0.1, 0.15) is 258 Å². The van der Waals surface area contributed by atoms with Gasteiger partial charge in [0.2, 0.25) is 0 Å².